The highest BCUT2D eigenvalue weighted by Gasteiger charge is 2.21. The van der Waals surface area contributed by atoms with Gasteiger partial charge in [-0.1, -0.05) is 23.2 Å². The first kappa shape index (κ1) is 19.3. The molecule has 1 aromatic heterocycles. The highest BCUT2D eigenvalue weighted by molar-refractivity contribution is 6.34. The van der Waals surface area contributed by atoms with Gasteiger partial charge in [-0.2, -0.15) is 0 Å². The number of benzene rings is 1. The molecule has 28 heavy (non-hydrogen) atoms. The SMILES string of the molecule is O=C(Nc1ccc(OC2CCCC2)c(Cl)c1)c1nc(N2CCCC2)ncc1Cl. The lowest BCUT2D eigenvalue weighted by molar-refractivity contribution is 0.102. The maximum atomic E-state index is 12.7. The van der Waals surface area contributed by atoms with Crippen molar-refractivity contribution >= 4 is 40.7 Å². The van der Waals surface area contributed by atoms with Crippen molar-refractivity contribution in [3.63, 3.8) is 0 Å². The van der Waals surface area contributed by atoms with Gasteiger partial charge in [0.1, 0.15) is 5.75 Å². The third kappa shape index (κ3) is 4.33. The molecule has 0 spiro atoms. The lowest BCUT2D eigenvalue weighted by atomic mass is 10.2. The maximum absolute atomic E-state index is 12.7. The minimum absolute atomic E-state index is 0.154. The van der Waals surface area contributed by atoms with Crippen molar-refractivity contribution in [2.45, 2.75) is 44.6 Å². The number of nitrogens with zero attached hydrogens (tertiary/aromatic N) is 3. The Kier molecular flexibility index (Phi) is 5.87. The second-order valence-electron chi connectivity index (χ2n) is 7.18. The summed E-state index contributed by atoms with van der Waals surface area (Å²) in [6.07, 6.45) is 8.39. The molecule has 1 N–H and O–H groups in total. The molecule has 4 rings (SSSR count). The Labute approximate surface area is 174 Å². The molecule has 0 radical (unpaired) electrons. The van der Waals surface area contributed by atoms with Crippen LogP contribution in [-0.4, -0.2) is 35.1 Å². The van der Waals surface area contributed by atoms with Gasteiger partial charge >= 0.3 is 0 Å². The fraction of sp³-hybridized carbons (Fsp3) is 0.450. The third-order valence-electron chi connectivity index (χ3n) is 5.12. The van der Waals surface area contributed by atoms with E-state index in [1.807, 2.05) is 0 Å². The number of halogens is 2. The van der Waals surface area contributed by atoms with Crippen LogP contribution in [0.1, 0.15) is 49.0 Å². The van der Waals surface area contributed by atoms with E-state index < -0.39 is 5.91 Å². The number of amides is 1. The first-order valence-corrected chi connectivity index (χ1v) is 10.4. The van der Waals surface area contributed by atoms with E-state index in [9.17, 15) is 4.79 Å². The predicted octanol–water partition coefficient (Wildman–Crippen LogP) is 4.96. The summed E-state index contributed by atoms with van der Waals surface area (Å²) in [6.45, 7) is 1.78. The number of aromatic nitrogens is 2. The largest absolute Gasteiger partial charge is 0.489 e. The van der Waals surface area contributed by atoms with E-state index >= 15 is 0 Å². The fourth-order valence-electron chi connectivity index (χ4n) is 3.64. The molecule has 1 saturated carbocycles. The molecule has 148 valence electrons. The van der Waals surface area contributed by atoms with Crippen LogP contribution in [0.2, 0.25) is 10.0 Å². The average molecular weight is 421 g/mol. The first-order valence-electron chi connectivity index (χ1n) is 9.65. The number of hydrogen-bond acceptors (Lipinski definition) is 5. The summed E-state index contributed by atoms with van der Waals surface area (Å²) in [4.78, 5) is 23.4. The Hall–Kier alpha value is -2.05. The molecule has 1 aliphatic heterocycles. The number of carbonyl (C=O) groups is 1. The summed E-state index contributed by atoms with van der Waals surface area (Å²) >= 11 is 12.5. The Morgan fingerprint density at radius 1 is 1.11 bits per heavy atom. The van der Waals surface area contributed by atoms with E-state index in [-0.39, 0.29) is 16.8 Å². The number of ether oxygens (including phenoxy) is 1. The Balaban J connectivity index is 1.47. The van der Waals surface area contributed by atoms with Crippen molar-refractivity contribution in [3.8, 4) is 5.75 Å². The molecule has 2 aliphatic rings. The van der Waals surface area contributed by atoms with Crippen LogP contribution in [-0.2, 0) is 0 Å². The van der Waals surface area contributed by atoms with Gasteiger partial charge in [0.15, 0.2) is 5.69 Å². The molecule has 0 atom stereocenters. The molecule has 0 unspecified atom stereocenters. The third-order valence-corrected chi connectivity index (χ3v) is 5.69. The second kappa shape index (κ2) is 8.53. The van der Waals surface area contributed by atoms with E-state index in [2.05, 4.69) is 20.2 Å². The number of carbonyl (C=O) groups excluding carboxylic acids is 1. The van der Waals surface area contributed by atoms with Gasteiger partial charge in [-0.05, 0) is 56.7 Å². The van der Waals surface area contributed by atoms with Crippen LogP contribution in [0.4, 0.5) is 11.6 Å². The lowest BCUT2D eigenvalue weighted by Gasteiger charge is -2.16. The van der Waals surface area contributed by atoms with Crippen molar-refractivity contribution in [1.29, 1.82) is 0 Å². The molecule has 0 bridgehead atoms. The van der Waals surface area contributed by atoms with E-state index in [4.69, 9.17) is 27.9 Å². The number of hydrogen-bond donors (Lipinski definition) is 1. The molecule has 8 heteroatoms. The van der Waals surface area contributed by atoms with Crippen molar-refractivity contribution in [2.24, 2.45) is 0 Å². The molecule has 1 aliphatic carbocycles. The molecule has 1 amide bonds. The van der Waals surface area contributed by atoms with Crippen LogP contribution in [0.3, 0.4) is 0 Å². The molecule has 2 aromatic rings. The van der Waals surface area contributed by atoms with Gasteiger partial charge in [0.25, 0.3) is 5.91 Å². The van der Waals surface area contributed by atoms with E-state index in [1.54, 1.807) is 18.2 Å². The van der Waals surface area contributed by atoms with Crippen LogP contribution in [0.25, 0.3) is 0 Å². The molecule has 1 saturated heterocycles. The van der Waals surface area contributed by atoms with Crippen LogP contribution >= 0.6 is 23.2 Å². The summed E-state index contributed by atoms with van der Waals surface area (Å²) in [5, 5.41) is 3.49. The highest BCUT2D eigenvalue weighted by atomic mass is 35.5. The fourth-order valence-corrected chi connectivity index (χ4v) is 4.04. The summed E-state index contributed by atoms with van der Waals surface area (Å²) in [5.74, 6) is 0.779. The number of rotatable bonds is 5. The number of anilines is 2. The van der Waals surface area contributed by atoms with Crippen LogP contribution in [0.15, 0.2) is 24.4 Å². The standard InChI is InChI=1S/C20H22Cl2N4O2/c21-15-11-13(7-8-17(15)28-14-5-1-2-6-14)24-19(27)18-16(22)12-23-20(25-18)26-9-3-4-10-26/h7-8,11-12,14H,1-6,9-10H2,(H,24,27). The van der Waals surface area contributed by atoms with Gasteiger partial charge in [0.2, 0.25) is 5.95 Å². The Morgan fingerprint density at radius 2 is 1.86 bits per heavy atom. The zero-order valence-electron chi connectivity index (χ0n) is 15.5. The van der Waals surface area contributed by atoms with Crippen LogP contribution in [0.5, 0.6) is 5.75 Å². The molecular formula is C20H22Cl2N4O2. The van der Waals surface area contributed by atoms with Gasteiger partial charge in [0.05, 0.1) is 22.3 Å². The first-order chi connectivity index (χ1) is 13.6. The van der Waals surface area contributed by atoms with Crippen molar-refractivity contribution in [2.75, 3.05) is 23.3 Å². The summed E-state index contributed by atoms with van der Waals surface area (Å²) < 4.78 is 5.95. The maximum Gasteiger partial charge on any atom is 0.276 e. The van der Waals surface area contributed by atoms with Crippen LogP contribution < -0.4 is 15.0 Å². The van der Waals surface area contributed by atoms with Crippen molar-refractivity contribution in [1.82, 2.24) is 9.97 Å². The highest BCUT2D eigenvalue weighted by Crippen LogP contribution is 2.32. The quantitative estimate of drug-likeness (QED) is 0.740. The van der Waals surface area contributed by atoms with Gasteiger partial charge in [-0.15, -0.1) is 0 Å². The normalized spacial score (nSPS) is 17.1. The Bertz CT molecular complexity index is 865. The topological polar surface area (TPSA) is 67.3 Å². The molecule has 1 aromatic carbocycles. The van der Waals surface area contributed by atoms with Gasteiger partial charge in [0, 0.05) is 18.8 Å². The van der Waals surface area contributed by atoms with Crippen LogP contribution in [0, 0.1) is 0 Å². The van der Waals surface area contributed by atoms with Crippen molar-refractivity contribution < 1.29 is 9.53 Å². The lowest BCUT2D eigenvalue weighted by Crippen LogP contribution is -2.23. The Morgan fingerprint density at radius 3 is 2.57 bits per heavy atom. The van der Waals surface area contributed by atoms with E-state index in [0.29, 0.717) is 22.4 Å². The predicted molar refractivity (Wildman–Crippen MR) is 111 cm³/mol. The summed E-state index contributed by atoms with van der Waals surface area (Å²) in [7, 11) is 0. The minimum Gasteiger partial charge on any atom is -0.489 e. The zero-order chi connectivity index (χ0) is 19.5. The van der Waals surface area contributed by atoms with E-state index in [1.165, 1.54) is 19.0 Å². The van der Waals surface area contributed by atoms with E-state index in [0.717, 1.165) is 38.8 Å². The summed E-state index contributed by atoms with van der Waals surface area (Å²) in [5.41, 5.74) is 0.715. The van der Waals surface area contributed by atoms with Crippen molar-refractivity contribution in [3.05, 3.63) is 40.1 Å². The molecule has 2 fully saturated rings. The van der Waals surface area contributed by atoms with Gasteiger partial charge in [-0.3, -0.25) is 4.79 Å². The molecular weight excluding hydrogens is 399 g/mol. The minimum atomic E-state index is -0.395. The molecule has 2 heterocycles. The summed E-state index contributed by atoms with van der Waals surface area (Å²) in [6, 6.07) is 5.23. The second-order valence-corrected chi connectivity index (χ2v) is 8.00. The smallest absolute Gasteiger partial charge is 0.276 e. The average Bonchev–Trinajstić information content (AvgIpc) is 3.38. The van der Waals surface area contributed by atoms with Gasteiger partial charge in [-0.25, -0.2) is 9.97 Å². The van der Waals surface area contributed by atoms with Gasteiger partial charge < -0.3 is 15.0 Å². The monoisotopic (exact) mass is 420 g/mol. The zero-order valence-corrected chi connectivity index (χ0v) is 17.0. The molecule has 6 nitrogen and oxygen atoms in total. The number of nitrogens with one attached hydrogen (secondary N) is 1.